The highest BCUT2D eigenvalue weighted by atomic mass is 16.5. The lowest BCUT2D eigenvalue weighted by molar-refractivity contribution is -0.0364. The van der Waals surface area contributed by atoms with E-state index >= 15 is 0 Å². The van der Waals surface area contributed by atoms with Gasteiger partial charge in [-0.2, -0.15) is 0 Å². The second-order valence-corrected chi connectivity index (χ2v) is 4.29. The van der Waals surface area contributed by atoms with Crippen LogP contribution in [0.3, 0.4) is 0 Å². The summed E-state index contributed by atoms with van der Waals surface area (Å²) < 4.78 is 12.0. The van der Waals surface area contributed by atoms with Gasteiger partial charge in [0.05, 0.1) is 25.9 Å². The van der Waals surface area contributed by atoms with Gasteiger partial charge in [-0.25, -0.2) is 9.48 Å². The molecule has 0 N–H and O–H groups in total. The first-order chi connectivity index (χ1) is 9.24. The number of esters is 1. The molecule has 0 radical (unpaired) electrons. The normalized spacial score (nSPS) is 20.4. The van der Waals surface area contributed by atoms with Crippen LogP contribution in [0, 0.1) is 0 Å². The van der Waals surface area contributed by atoms with Crippen molar-refractivity contribution < 1.29 is 14.3 Å². The summed E-state index contributed by atoms with van der Waals surface area (Å²) in [5, 5.41) is 11.0. The van der Waals surface area contributed by atoms with Crippen LogP contribution in [0.2, 0.25) is 0 Å². The van der Waals surface area contributed by atoms with Gasteiger partial charge >= 0.3 is 5.97 Å². The number of carbonyl (C=O) groups is 1. The number of morpholine rings is 1. The minimum atomic E-state index is -0.504. The number of hydrogen-bond acceptors (Lipinski definition) is 7. The Morgan fingerprint density at radius 1 is 1.53 bits per heavy atom. The second kappa shape index (κ2) is 6.58. The molecule has 8 heteroatoms. The number of aromatic nitrogens is 4. The van der Waals surface area contributed by atoms with E-state index in [9.17, 15) is 4.79 Å². The molecule has 0 aliphatic carbocycles. The highest BCUT2D eigenvalue weighted by molar-refractivity contribution is 5.85. The molecule has 1 saturated heterocycles. The average Bonchev–Trinajstić information content (AvgIpc) is 2.87. The maximum atomic E-state index is 11.7. The molecule has 2 heterocycles. The van der Waals surface area contributed by atoms with Gasteiger partial charge in [-0.05, 0) is 23.9 Å². The molecule has 1 atom stereocenters. The molecule has 0 amide bonds. The molecule has 1 aromatic rings. The molecule has 1 aromatic heterocycles. The van der Waals surface area contributed by atoms with Crippen LogP contribution in [0.15, 0.2) is 0 Å². The van der Waals surface area contributed by atoms with Crippen molar-refractivity contribution in [1.29, 1.82) is 0 Å². The van der Waals surface area contributed by atoms with Gasteiger partial charge in [0.15, 0.2) is 0 Å². The van der Waals surface area contributed by atoms with Gasteiger partial charge in [0.1, 0.15) is 0 Å². The molecule has 0 bridgehead atoms. The van der Waals surface area contributed by atoms with Gasteiger partial charge in [-0.3, -0.25) is 4.90 Å². The molecule has 1 fully saturated rings. The summed E-state index contributed by atoms with van der Waals surface area (Å²) in [6.07, 6.45) is -0.00891. The lowest BCUT2D eigenvalue weighted by Crippen LogP contribution is -2.44. The van der Waals surface area contributed by atoms with Crippen LogP contribution in [0.5, 0.6) is 0 Å². The number of likely N-dealkylation sites (N-methyl/N-ethyl adjacent to an activating group) is 1. The van der Waals surface area contributed by atoms with Crippen LogP contribution in [0.25, 0.3) is 0 Å². The lowest BCUT2D eigenvalue weighted by atomic mass is 10.2. The predicted molar refractivity (Wildman–Crippen MR) is 65.6 cm³/mol. The Bertz CT molecular complexity index is 422. The van der Waals surface area contributed by atoms with Crippen molar-refractivity contribution in [2.24, 2.45) is 0 Å². The van der Waals surface area contributed by atoms with E-state index < -0.39 is 5.97 Å². The van der Waals surface area contributed by atoms with Crippen LogP contribution >= 0.6 is 0 Å². The van der Waals surface area contributed by atoms with E-state index in [0.29, 0.717) is 19.8 Å². The summed E-state index contributed by atoms with van der Waals surface area (Å²) in [6, 6.07) is 0. The van der Waals surface area contributed by atoms with Crippen LogP contribution in [0.1, 0.15) is 24.5 Å². The monoisotopic (exact) mass is 269 g/mol. The minimum absolute atomic E-state index is 0.00891. The van der Waals surface area contributed by atoms with Crippen LogP contribution < -0.4 is 0 Å². The van der Waals surface area contributed by atoms with Crippen molar-refractivity contribution in [3.8, 4) is 0 Å². The summed E-state index contributed by atoms with van der Waals surface area (Å²) >= 11 is 0. The standard InChI is InChI=1S/C11H19N5O3/c1-3-15-5-6-19-9(7-15)8-16-10(12-13-14-16)11(17)18-4-2/h9H,3-8H2,1-2H3. The molecule has 1 aliphatic rings. The average molecular weight is 269 g/mol. The van der Waals surface area contributed by atoms with Crippen molar-refractivity contribution >= 4 is 5.97 Å². The van der Waals surface area contributed by atoms with Gasteiger partial charge < -0.3 is 9.47 Å². The van der Waals surface area contributed by atoms with E-state index in [1.54, 1.807) is 6.92 Å². The van der Waals surface area contributed by atoms with E-state index in [1.807, 2.05) is 0 Å². The third kappa shape index (κ3) is 3.48. The zero-order chi connectivity index (χ0) is 13.7. The van der Waals surface area contributed by atoms with Gasteiger partial charge in [0.25, 0.3) is 5.82 Å². The zero-order valence-electron chi connectivity index (χ0n) is 11.3. The Labute approximate surface area is 111 Å². The number of ether oxygens (including phenoxy) is 2. The summed E-state index contributed by atoms with van der Waals surface area (Å²) in [5.41, 5.74) is 0. The van der Waals surface area contributed by atoms with Crippen LogP contribution in [0.4, 0.5) is 0 Å². The first kappa shape index (κ1) is 13.9. The van der Waals surface area contributed by atoms with Gasteiger partial charge in [-0.15, -0.1) is 5.10 Å². The Hall–Kier alpha value is -1.54. The number of hydrogen-bond donors (Lipinski definition) is 0. The minimum Gasteiger partial charge on any atom is -0.460 e. The Balaban J connectivity index is 1.99. The predicted octanol–water partition coefficient (Wildman–Crippen LogP) is -0.429. The number of carbonyl (C=O) groups excluding carboxylic acids is 1. The second-order valence-electron chi connectivity index (χ2n) is 4.29. The molecule has 1 aliphatic heterocycles. The van der Waals surface area contributed by atoms with Crippen LogP contribution in [-0.2, 0) is 16.0 Å². The first-order valence-electron chi connectivity index (χ1n) is 6.51. The molecular weight excluding hydrogens is 250 g/mol. The number of tetrazole rings is 1. The smallest absolute Gasteiger partial charge is 0.378 e. The van der Waals surface area contributed by atoms with E-state index in [1.165, 1.54) is 4.68 Å². The molecule has 0 spiro atoms. The van der Waals surface area contributed by atoms with E-state index in [-0.39, 0.29) is 11.9 Å². The van der Waals surface area contributed by atoms with Gasteiger partial charge in [0, 0.05) is 13.1 Å². The fourth-order valence-corrected chi connectivity index (χ4v) is 2.04. The summed E-state index contributed by atoms with van der Waals surface area (Å²) in [7, 11) is 0. The summed E-state index contributed by atoms with van der Waals surface area (Å²) in [6.45, 7) is 8.05. The fraction of sp³-hybridized carbons (Fsp3) is 0.818. The van der Waals surface area contributed by atoms with E-state index in [2.05, 4.69) is 27.3 Å². The SMILES string of the molecule is CCOC(=O)c1nnnn1CC1CN(CC)CCO1. The molecule has 2 rings (SSSR count). The first-order valence-corrected chi connectivity index (χ1v) is 6.51. The topological polar surface area (TPSA) is 82.4 Å². The number of nitrogens with zero attached hydrogens (tertiary/aromatic N) is 5. The summed E-state index contributed by atoms with van der Waals surface area (Å²) in [5.74, 6) is -0.380. The number of rotatable bonds is 5. The highest BCUT2D eigenvalue weighted by Gasteiger charge is 2.24. The van der Waals surface area contributed by atoms with Gasteiger partial charge in [0.2, 0.25) is 0 Å². The van der Waals surface area contributed by atoms with E-state index in [4.69, 9.17) is 9.47 Å². The molecule has 0 aromatic carbocycles. The van der Waals surface area contributed by atoms with Crippen molar-refractivity contribution in [1.82, 2.24) is 25.1 Å². The highest BCUT2D eigenvalue weighted by Crippen LogP contribution is 2.08. The van der Waals surface area contributed by atoms with Crippen molar-refractivity contribution in [3.63, 3.8) is 0 Å². The summed E-state index contributed by atoms with van der Waals surface area (Å²) in [4.78, 5) is 13.9. The molecule has 1 unspecified atom stereocenters. The maximum absolute atomic E-state index is 11.7. The zero-order valence-corrected chi connectivity index (χ0v) is 11.3. The van der Waals surface area contributed by atoms with E-state index in [0.717, 1.165) is 19.6 Å². The lowest BCUT2D eigenvalue weighted by Gasteiger charge is -2.31. The fourth-order valence-electron chi connectivity index (χ4n) is 2.04. The third-order valence-corrected chi connectivity index (χ3v) is 3.04. The Kier molecular flexibility index (Phi) is 4.80. The van der Waals surface area contributed by atoms with Crippen molar-refractivity contribution in [3.05, 3.63) is 5.82 Å². The molecule has 8 nitrogen and oxygen atoms in total. The molecule has 19 heavy (non-hydrogen) atoms. The van der Waals surface area contributed by atoms with Crippen LogP contribution in [-0.4, -0.2) is 70.0 Å². The maximum Gasteiger partial charge on any atom is 0.378 e. The van der Waals surface area contributed by atoms with Crippen molar-refractivity contribution in [2.45, 2.75) is 26.5 Å². The molecule has 0 saturated carbocycles. The molecular formula is C11H19N5O3. The quantitative estimate of drug-likeness (QED) is 0.671. The Morgan fingerprint density at radius 3 is 3.11 bits per heavy atom. The Morgan fingerprint density at radius 2 is 2.37 bits per heavy atom. The third-order valence-electron chi connectivity index (χ3n) is 3.04. The van der Waals surface area contributed by atoms with Crippen molar-refractivity contribution in [2.75, 3.05) is 32.8 Å². The van der Waals surface area contributed by atoms with Gasteiger partial charge in [-0.1, -0.05) is 6.92 Å². The molecule has 106 valence electrons. The largest absolute Gasteiger partial charge is 0.460 e.